The number of nitrogens with zero attached hydrogens (tertiary/aromatic N) is 5. The van der Waals surface area contributed by atoms with Crippen molar-refractivity contribution < 1.29 is 30.4 Å². The molecule has 39 heavy (non-hydrogen) atoms. The minimum Gasteiger partial charge on any atom is -0.369 e. The minimum atomic E-state index is -4.89. The maximum Gasteiger partial charge on any atom is 0.405 e. The van der Waals surface area contributed by atoms with Crippen molar-refractivity contribution >= 4 is 15.7 Å². The van der Waals surface area contributed by atoms with Crippen LogP contribution >= 0.6 is 0 Å². The molecule has 0 spiro atoms. The molecule has 212 valence electrons. The average Bonchev–Trinajstić information content (AvgIpc) is 3.43. The number of allylic oxidation sites excluding steroid dienone is 4. The topological polar surface area (TPSA) is 71.3 Å². The Morgan fingerprint density at radius 3 is 2.33 bits per heavy atom. The normalized spacial score (nSPS) is 23.4. The van der Waals surface area contributed by atoms with Gasteiger partial charge in [0.2, 0.25) is 10.0 Å². The molecule has 2 fully saturated rings. The van der Waals surface area contributed by atoms with Crippen LogP contribution in [0.2, 0.25) is 0 Å². The molecule has 1 unspecified atom stereocenters. The third-order valence-electron chi connectivity index (χ3n) is 7.31. The van der Waals surface area contributed by atoms with E-state index in [9.17, 15) is 21.6 Å². The third kappa shape index (κ3) is 6.08. The number of anilines is 1. The number of aromatic nitrogens is 3. The summed E-state index contributed by atoms with van der Waals surface area (Å²) in [5.41, 5.74) is -0.254. The number of hydrogen-bond acceptors (Lipinski definition) is 5. The summed E-state index contributed by atoms with van der Waals surface area (Å²) < 4.78 is 101. The van der Waals surface area contributed by atoms with Gasteiger partial charge in [0.05, 0.1) is 5.69 Å². The molecule has 0 bridgehead atoms. The largest absolute Gasteiger partial charge is 0.405 e. The van der Waals surface area contributed by atoms with E-state index >= 15 is 8.78 Å². The summed E-state index contributed by atoms with van der Waals surface area (Å²) in [6.07, 6.45) is 4.75. The molecule has 4 rings (SSSR count). The van der Waals surface area contributed by atoms with Crippen molar-refractivity contribution in [1.29, 1.82) is 0 Å². The number of sulfonamides is 1. The molecule has 0 saturated carbocycles. The zero-order valence-corrected chi connectivity index (χ0v) is 22.2. The minimum absolute atomic E-state index is 0.0200. The molecule has 2 atom stereocenters. The smallest absolute Gasteiger partial charge is 0.369 e. The van der Waals surface area contributed by atoms with E-state index < -0.39 is 57.7 Å². The quantitative estimate of drug-likeness (QED) is 0.333. The summed E-state index contributed by atoms with van der Waals surface area (Å²) in [7, 11) is -4.60. The summed E-state index contributed by atoms with van der Waals surface area (Å²) >= 11 is 0. The van der Waals surface area contributed by atoms with Gasteiger partial charge in [-0.2, -0.15) is 17.5 Å². The van der Waals surface area contributed by atoms with Crippen LogP contribution in [0.1, 0.15) is 44.2 Å². The van der Waals surface area contributed by atoms with Crippen molar-refractivity contribution in [2.24, 2.45) is 0 Å². The first-order valence-electron chi connectivity index (χ1n) is 12.6. The van der Waals surface area contributed by atoms with Crippen LogP contribution in [0, 0.1) is 11.6 Å². The van der Waals surface area contributed by atoms with Crippen LogP contribution in [0.4, 0.5) is 27.6 Å². The monoisotopic (exact) mass is 571 g/mol. The lowest BCUT2D eigenvalue weighted by Gasteiger charge is -2.40. The van der Waals surface area contributed by atoms with E-state index in [0.717, 1.165) is 12.1 Å². The molecule has 13 heteroatoms. The molecule has 1 aromatic heterocycles. The average molecular weight is 572 g/mol. The van der Waals surface area contributed by atoms with Gasteiger partial charge in [0.25, 0.3) is 0 Å². The number of hydrogen-bond donors (Lipinski definition) is 0. The van der Waals surface area contributed by atoms with Gasteiger partial charge in [-0.05, 0) is 44.2 Å². The Bertz CT molecular complexity index is 1330. The molecule has 0 N–H and O–H groups in total. The Balaban J connectivity index is 1.60. The standard InChI is InChI=1S/C26H30F5N5O2S/c1-3-5-6-18(4-2)24-7-8-25(26(29,30)31)36(39(24,37)38)15-19-13-22(28)23(14-21(19)27)34-11-9-20(10-12-34)35-16-32-33-17-35/h3-6,13-14,16-17,20,24-25H,2,7-12,15H2,1H3/b5-3-,18-6+/t24-,25?/m1/s1. The Kier molecular flexibility index (Phi) is 8.60. The lowest BCUT2D eigenvalue weighted by Crippen LogP contribution is -2.55. The summed E-state index contributed by atoms with van der Waals surface area (Å²) in [6, 6.07) is -0.512. The Hall–Kier alpha value is -3.06. The first-order valence-corrected chi connectivity index (χ1v) is 14.1. The first-order chi connectivity index (χ1) is 18.5. The zero-order valence-electron chi connectivity index (χ0n) is 21.4. The number of benzene rings is 1. The van der Waals surface area contributed by atoms with E-state index in [1.54, 1.807) is 36.6 Å². The summed E-state index contributed by atoms with van der Waals surface area (Å²) in [4.78, 5) is 1.66. The molecule has 3 heterocycles. The van der Waals surface area contributed by atoms with Crippen LogP contribution in [0.25, 0.3) is 0 Å². The van der Waals surface area contributed by atoms with E-state index in [1.165, 1.54) is 12.2 Å². The van der Waals surface area contributed by atoms with Crippen LogP contribution in [-0.4, -0.2) is 58.0 Å². The van der Waals surface area contributed by atoms with Gasteiger partial charge in [0.1, 0.15) is 35.6 Å². The van der Waals surface area contributed by atoms with Crippen LogP contribution in [0.3, 0.4) is 0 Å². The highest BCUT2D eigenvalue weighted by Gasteiger charge is 2.53. The van der Waals surface area contributed by atoms with Crippen LogP contribution in [-0.2, 0) is 16.6 Å². The lowest BCUT2D eigenvalue weighted by atomic mass is 10.0. The first kappa shape index (κ1) is 28.9. The van der Waals surface area contributed by atoms with Crippen molar-refractivity contribution in [1.82, 2.24) is 19.1 Å². The number of piperidine rings is 1. The fraction of sp³-hybridized carbons (Fsp3) is 0.462. The van der Waals surface area contributed by atoms with Crippen molar-refractivity contribution in [2.75, 3.05) is 18.0 Å². The number of rotatable bonds is 7. The van der Waals surface area contributed by atoms with Crippen LogP contribution < -0.4 is 4.90 Å². The zero-order chi connectivity index (χ0) is 28.4. The molecule has 2 saturated heterocycles. The second-order valence-corrected chi connectivity index (χ2v) is 11.7. The molecular formula is C26H30F5N5O2S. The summed E-state index contributed by atoms with van der Waals surface area (Å²) in [6.45, 7) is 5.19. The van der Waals surface area contributed by atoms with E-state index in [1.807, 2.05) is 4.57 Å². The van der Waals surface area contributed by atoms with Gasteiger partial charge in [0, 0.05) is 37.3 Å². The van der Waals surface area contributed by atoms with Crippen molar-refractivity contribution in [3.05, 3.63) is 78.4 Å². The molecule has 2 aliphatic heterocycles. The highest BCUT2D eigenvalue weighted by Crippen LogP contribution is 2.40. The Morgan fingerprint density at radius 1 is 1.08 bits per heavy atom. The molecule has 2 aliphatic rings. The SMILES string of the molecule is C=C/C(=C\C=C/C)[C@H]1CCC(C(F)(F)F)N(Cc2cc(F)c(N3CCC(n4cnnc4)CC3)cc2F)S1(=O)=O. The second kappa shape index (κ2) is 11.6. The van der Waals surface area contributed by atoms with E-state index in [0.29, 0.717) is 25.9 Å². The lowest BCUT2D eigenvalue weighted by molar-refractivity contribution is -0.176. The Morgan fingerprint density at radius 2 is 1.74 bits per heavy atom. The predicted octanol–water partition coefficient (Wildman–Crippen LogP) is 5.31. The maximum atomic E-state index is 15.3. The molecule has 1 aromatic carbocycles. The summed E-state index contributed by atoms with van der Waals surface area (Å²) in [5.74, 6) is -1.80. The highest BCUT2D eigenvalue weighted by molar-refractivity contribution is 7.90. The third-order valence-corrected chi connectivity index (χ3v) is 9.57. The molecule has 0 amide bonds. The van der Waals surface area contributed by atoms with Crippen molar-refractivity contribution in [3.63, 3.8) is 0 Å². The van der Waals surface area contributed by atoms with E-state index in [2.05, 4.69) is 16.8 Å². The van der Waals surface area contributed by atoms with Gasteiger partial charge in [-0.25, -0.2) is 17.2 Å². The molecular weight excluding hydrogens is 541 g/mol. The second-order valence-electron chi connectivity index (χ2n) is 9.63. The van der Waals surface area contributed by atoms with Crippen molar-refractivity contribution in [2.45, 2.75) is 62.7 Å². The fourth-order valence-corrected chi connectivity index (χ4v) is 7.41. The van der Waals surface area contributed by atoms with Crippen LogP contribution in [0.15, 0.2) is 61.2 Å². The summed E-state index contributed by atoms with van der Waals surface area (Å²) in [5, 5.41) is 6.28. The van der Waals surface area contributed by atoms with Crippen molar-refractivity contribution in [3.8, 4) is 0 Å². The van der Waals surface area contributed by atoms with E-state index in [-0.39, 0.29) is 28.0 Å². The molecule has 2 aromatic rings. The van der Waals surface area contributed by atoms with Gasteiger partial charge in [-0.1, -0.05) is 30.9 Å². The van der Waals surface area contributed by atoms with E-state index in [4.69, 9.17) is 0 Å². The molecule has 0 radical (unpaired) electrons. The fourth-order valence-electron chi connectivity index (χ4n) is 5.23. The molecule has 0 aliphatic carbocycles. The van der Waals surface area contributed by atoms with Gasteiger partial charge in [-0.3, -0.25) is 0 Å². The highest BCUT2D eigenvalue weighted by atomic mass is 32.2. The number of halogens is 5. The molecule has 7 nitrogen and oxygen atoms in total. The number of alkyl halides is 3. The predicted molar refractivity (Wildman–Crippen MR) is 137 cm³/mol. The van der Waals surface area contributed by atoms with Gasteiger partial charge in [0.15, 0.2) is 0 Å². The Labute approximate surface area is 224 Å². The van der Waals surface area contributed by atoms with Crippen LogP contribution in [0.5, 0.6) is 0 Å². The van der Waals surface area contributed by atoms with Gasteiger partial charge < -0.3 is 9.47 Å². The van der Waals surface area contributed by atoms with Gasteiger partial charge >= 0.3 is 6.18 Å². The maximum absolute atomic E-state index is 15.3. The van der Waals surface area contributed by atoms with Gasteiger partial charge in [-0.15, -0.1) is 10.2 Å².